The summed E-state index contributed by atoms with van der Waals surface area (Å²) in [5.41, 5.74) is 2.26. The van der Waals surface area contributed by atoms with E-state index < -0.39 is 12.0 Å². The van der Waals surface area contributed by atoms with Gasteiger partial charge in [-0.1, -0.05) is 53.3 Å². The summed E-state index contributed by atoms with van der Waals surface area (Å²) in [4.78, 5) is 32.8. The van der Waals surface area contributed by atoms with Crippen LogP contribution in [0.5, 0.6) is 11.5 Å². The molecule has 0 N–H and O–H groups in total. The molecule has 0 spiro atoms. The molecule has 1 aliphatic rings. The summed E-state index contributed by atoms with van der Waals surface area (Å²) in [5.74, 6) is 0.849. The molecule has 0 saturated carbocycles. The molecule has 0 radical (unpaired) electrons. The lowest BCUT2D eigenvalue weighted by Gasteiger charge is -2.27. The molecule has 210 valence electrons. The van der Waals surface area contributed by atoms with Gasteiger partial charge >= 0.3 is 5.97 Å². The van der Waals surface area contributed by atoms with Crippen molar-refractivity contribution in [3.05, 3.63) is 96.7 Å². The molecule has 2 heterocycles. The summed E-state index contributed by atoms with van der Waals surface area (Å²) < 4.78 is 21.7. The first kappa shape index (κ1) is 31.0. The van der Waals surface area contributed by atoms with Crippen LogP contribution in [-0.2, 0) is 9.53 Å². The van der Waals surface area contributed by atoms with Gasteiger partial charge in [-0.25, -0.2) is 9.79 Å². The number of methoxy groups -OCH3 is 1. The third-order valence-corrected chi connectivity index (χ3v) is 9.12. The summed E-state index contributed by atoms with van der Waals surface area (Å²) in [5, 5.41) is 0. The normalized spacial score (nSPS) is 14.9. The van der Waals surface area contributed by atoms with Gasteiger partial charge in [0.05, 0.1) is 36.7 Å². The van der Waals surface area contributed by atoms with Crippen molar-refractivity contribution in [1.82, 2.24) is 4.57 Å². The molecule has 0 bridgehead atoms. The molecule has 0 unspecified atom stereocenters. The van der Waals surface area contributed by atoms with Crippen molar-refractivity contribution < 1.29 is 19.0 Å². The van der Waals surface area contributed by atoms with E-state index in [-0.39, 0.29) is 12.2 Å². The molecule has 1 aromatic heterocycles. The number of allylic oxidation sites excluding steroid dienone is 1. The van der Waals surface area contributed by atoms with Crippen LogP contribution in [-0.4, -0.2) is 30.9 Å². The fourth-order valence-electron chi connectivity index (χ4n) is 4.43. The second-order valence-electron chi connectivity index (χ2n) is 8.71. The first-order valence-electron chi connectivity index (χ1n) is 12.5. The minimum absolute atomic E-state index is 0.207. The highest BCUT2D eigenvalue weighted by Crippen LogP contribution is 2.38. The number of thiazole rings is 1. The van der Waals surface area contributed by atoms with Crippen LogP contribution < -0.4 is 24.4 Å². The summed E-state index contributed by atoms with van der Waals surface area (Å²) in [6.45, 7) is 8.12. The van der Waals surface area contributed by atoms with Crippen LogP contribution in [0, 0.1) is 7.14 Å². The van der Waals surface area contributed by atoms with Crippen molar-refractivity contribution in [2.45, 2.75) is 32.7 Å². The van der Waals surface area contributed by atoms with E-state index in [0.29, 0.717) is 44.9 Å². The number of aromatic nitrogens is 1. The Hall–Kier alpha value is -1.97. The standard InChI is InChI=1S/C29H27BrI2N2O5S/c1-5-8-21-24(28(36)38-7-3)25(18-15-17(30)9-10-22(18)37-4)34-27(35)23(40-29(34)33-21)14-16-12-19(31)26(20(32)13-16)39-11-6-2/h6,9-10,12-15,25H,2,5,7-8,11H2,1,3-4H3/b23-14+/t25-/m1/s1. The number of rotatable bonds is 10. The highest BCUT2D eigenvalue weighted by atomic mass is 127. The first-order chi connectivity index (χ1) is 19.2. The van der Waals surface area contributed by atoms with Crippen molar-refractivity contribution in [3.63, 3.8) is 0 Å². The van der Waals surface area contributed by atoms with Gasteiger partial charge in [-0.15, -0.1) is 0 Å². The fraction of sp³-hybridized carbons (Fsp3) is 0.276. The van der Waals surface area contributed by atoms with E-state index in [0.717, 1.165) is 29.3 Å². The Kier molecular flexibility index (Phi) is 10.7. The lowest BCUT2D eigenvalue weighted by atomic mass is 9.93. The van der Waals surface area contributed by atoms with Crippen LogP contribution in [0.2, 0.25) is 0 Å². The van der Waals surface area contributed by atoms with Gasteiger partial charge in [0.2, 0.25) is 0 Å². The van der Waals surface area contributed by atoms with Crippen molar-refractivity contribution in [2.24, 2.45) is 4.99 Å². The van der Waals surface area contributed by atoms with Crippen molar-refractivity contribution in [1.29, 1.82) is 0 Å². The van der Waals surface area contributed by atoms with E-state index in [4.69, 9.17) is 19.2 Å². The lowest BCUT2D eigenvalue weighted by Crippen LogP contribution is -2.40. The summed E-state index contributed by atoms with van der Waals surface area (Å²) in [6.07, 6.45) is 4.90. The van der Waals surface area contributed by atoms with E-state index in [1.165, 1.54) is 11.3 Å². The van der Waals surface area contributed by atoms with Crippen LogP contribution in [0.1, 0.15) is 43.9 Å². The maximum atomic E-state index is 14.1. The zero-order valence-corrected chi connectivity index (χ0v) is 28.8. The fourth-order valence-corrected chi connectivity index (χ4v) is 7.95. The maximum absolute atomic E-state index is 14.1. The molecule has 11 heteroatoms. The highest BCUT2D eigenvalue weighted by molar-refractivity contribution is 14.1. The average Bonchev–Trinajstić information content (AvgIpc) is 3.22. The zero-order chi connectivity index (χ0) is 29.0. The molecule has 40 heavy (non-hydrogen) atoms. The second kappa shape index (κ2) is 13.8. The largest absolute Gasteiger partial charge is 0.496 e. The Bertz CT molecular complexity index is 1660. The Balaban J connectivity index is 1.99. The molecule has 2 aromatic carbocycles. The maximum Gasteiger partial charge on any atom is 0.338 e. The number of fused-ring (bicyclic) bond motifs is 1. The van der Waals surface area contributed by atoms with Gasteiger partial charge in [0.15, 0.2) is 4.80 Å². The van der Waals surface area contributed by atoms with Crippen molar-refractivity contribution in [2.75, 3.05) is 20.3 Å². The Morgan fingerprint density at radius 3 is 2.58 bits per heavy atom. The summed E-state index contributed by atoms with van der Waals surface area (Å²) in [6, 6.07) is 8.74. The topological polar surface area (TPSA) is 79.1 Å². The smallest absolute Gasteiger partial charge is 0.338 e. The van der Waals surface area contributed by atoms with Crippen LogP contribution in [0.3, 0.4) is 0 Å². The van der Waals surface area contributed by atoms with E-state index in [2.05, 4.69) is 67.7 Å². The lowest BCUT2D eigenvalue weighted by molar-refractivity contribution is -0.139. The number of carbonyl (C=O) groups is 1. The van der Waals surface area contributed by atoms with E-state index >= 15 is 0 Å². The van der Waals surface area contributed by atoms with Gasteiger partial charge in [-0.05, 0) is 100 Å². The molecular formula is C29H27BrI2N2O5S. The van der Waals surface area contributed by atoms with Crippen LogP contribution in [0.15, 0.2) is 68.5 Å². The van der Waals surface area contributed by atoms with Gasteiger partial charge in [0.25, 0.3) is 5.56 Å². The van der Waals surface area contributed by atoms with E-state index in [1.807, 2.05) is 43.3 Å². The van der Waals surface area contributed by atoms with Gasteiger partial charge in [0, 0.05) is 10.0 Å². The van der Waals surface area contributed by atoms with Crippen LogP contribution >= 0.6 is 72.4 Å². The number of halogens is 3. The minimum Gasteiger partial charge on any atom is -0.496 e. The minimum atomic E-state index is -0.763. The predicted molar refractivity (Wildman–Crippen MR) is 178 cm³/mol. The predicted octanol–water partition coefficient (Wildman–Crippen LogP) is 6.12. The third kappa shape index (κ3) is 6.41. The number of carbonyl (C=O) groups excluding carboxylic acids is 1. The highest BCUT2D eigenvalue weighted by Gasteiger charge is 2.36. The molecule has 0 aliphatic carbocycles. The number of esters is 1. The molecule has 1 atom stereocenters. The second-order valence-corrected chi connectivity index (χ2v) is 13.0. The summed E-state index contributed by atoms with van der Waals surface area (Å²) >= 11 is 9.31. The van der Waals surface area contributed by atoms with E-state index in [9.17, 15) is 9.59 Å². The van der Waals surface area contributed by atoms with Crippen molar-refractivity contribution >= 4 is 84.5 Å². The van der Waals surface area contributed by atoms with Gasteiger partial charge in [-0.2, -0.15) is 0 Å². The molecule has 0 saturated heterocycles. The quantitative estimate of drug-likeness (QED) is 0.140. The molecule has 1 aliphatic heterocycles. The van der Waals surface area contributed by atoms with Crippen molar-refractivity contribution in [3.8, 4) is 11.5 Å². The van der Waals surface area contributed by atoms with Gasteiger partial charge in [-0.3, -0.25) is 9.36 Å². The van der Waals surface area contributed by atoms with Gasteiger partial charge in [0.1, 0.15) is 24.1 Å². The Labute approximate surface area is 272 Å². The average molecular weight is 849 g/mol. The zero-order valence-electron chi connectivity index (χ0n) is 22.1. The molecule has 7 nitrogen and oxygen atoms in total. The number of hydrogen-bond acceptors (Lipinski definition) is 7. The molecule has 3 aromatic rings. The van der Waals surface area contributed by atoms with Gasteiger partial charge < -0.3 is 14.2 Å². The van der Waals surface area contributed by atoms with E-state index in [1.54, 1.807) is 24.7 Å². The SMILES string of the molecule is C=CCOc1c(I)cc(/C=c2/sc3n(c2=O)[C@H](c2cc(Br)ccc2OC)C(C(=O)OCC)=C(CCC)N=3)cc1I. The number of nitrogens with zero attached hydrogens (tertiary/aromatic N) is 2. The molecule has 4 rings (SSSR count). The first-order valence-corrected chi connectivity index (χ1v) is 16.3. The monoisotopic (exact) mass is 848 g/mol. The van der Waals surface area contributed by atoms with Crippen LogP contribution in [0.4, 0.5) is 0 Å². The van der Waals surface area contributed by atoms with Crippen LogP contribution in [0.25, 0.3) is 6.08 Å². The number of ether oxygens (including phenoxy) is 3. The number of benzene rings is 2. The Morgan fingerprint density at radius 1 is 1.23 bits per heavy atom. The molecular weight excluding hydrogens is 822 g/mol. The molecule has 0 fully saturated rings. The third-order valence-electron chi connectivity index (χ3n) is 6.04. The summed E-state index contributed by atoms with van der Waals surface area (Å²) in [7, 11) is 1.57. The number of hydrogen-bond donors (Lipinski definition) is 0. The Morgan fingerprint density at radius 2 is 1.95 bits per heavy atom. The molecule has 0 amide bonds.